The molecule has 0 aromatic carbocycles. The van der Waals surface area contributed by atoms with Gasteiger partial charge in [0.1, 0.15) is 0 Å². The second kappa shape index (κ2) is 14.4. The van der Waals surface area contributed by atoms with Crippen molar-refractivity contribution in [3.05, 3.63) is 82.5 Å². The summed E-state index contributed by atoms with van der Waals surface area (Å²) in [6.45, 7) is 16.1. The van der Waals surface area contributed by atoms with E-state index < -0.39 is 11.9 Å². The van der Waals surface area contributed by atoms with E-state index in [1.165, 1.54) is 0 Å². The normalized spacial score (nSPS) is 12.5. The molecule has 4 N–H and O–H groups in total. The molecule has 0 unspecified atom stereocenters. The first-order valence-corrected chi connectivity index (χ1v) is 13.9. The zero-order valence-electron chi connectivity index (χ0n) is 26.3. The van der Waals surface area contributed by atoms with Crippen LogP contribution in [-0.4, -0.2) is 101 Å². The molecule has 0 atom stereocenters. The van der Waals surface area contributed by atoms with Gasteiger partial charge in [-0.15, -0.1) is 0 Å². The fourth-order valence-electron chi connectivity index (χ4n) is 5.77. The van der Waals surface area contributed by atoms with Crippen LogP contribution in [0.1, 0.15) is 84.6 Å². The number of rotatable bonds is 8. The molecule has 5 rings (SSSR count). The van der Waals surface area contributed by atoms with Crippen LogP contribution in [0.3, 0.4) is 0 Å². The predicted octanol–water partition coefficient (Wildman–Crippen LogP) is 7.05. The Morgan fingerprint density at radius 2 is 1.05 bits per heavy atom. The van der Waals surface area contributed by atoms with Crippen molar-refractivity contribution in [2.75, 3.05) is 0 Å². The second-order valence-corrected chi connectivity index (χ2v) is 10.7. The maximum Gasteiger partial charge on any atom is 0.303 e. The molecule has 0 spiro atoms. The maximum atomic E-state index is 11.5. The Hall–Kier alpha value is -2.98. The van der Waals surface area contributed by atoms with E-state index in [-0.39, 0.29) is 72.0 Å². The van der Waals surface area contributed by atoms with Gasteiger partial charge in [-0.05, 0) is 98.2 Å². The standard InChI is InChI=1S/C34H34N4O4.2Na/c1-7-21-17(3)25-13-26-19(5)23(9-11-33(39)40)31(37-26)16-32-24(10-12-34(41)42)20(6)28(38-32)15-30-22(8-2)18(4)27(36-30)14-29(21)35-25;;/h7-8,13-16,35-36H,1-2,9-12H2,3-6H3,(H,39,40)(H,41,42);;. The minimum Gasteiger partial charge on any atom is -0.481 e. The van der Waals surface area contributed by atoms with Crippen LogP contribution in [0.25, 0.3) is 56.5 Å². The smallest absolute Gasteiger partial charge is 0.303 e. The minimum absolute atomic E-state index is 0. The number of aromatic amines is 2. The van der Waals surface area contributed by atoms with E-state index in [1.807, 2.05) is 58.0 Å². The number of hydrogen-bond acceptors (Lipinski definition) is 4. The number of carboxylic acids is 2. The molecule has 10 heteroatoms. The van der Waals surface area contributed by atoms with Gasteiger partial charge in [-0.1, -0.05) is 25.3 Å². The van der Waals surface area contributed by atoms with Crippen molar-refractivity contribution in [2.45, 2.75) is 53.4 Å². The van der Waals surface area contributed by atoms with E-state index in [1.54, 1.807) is 0 Å². The average molecular weight is 609 g/mol. The van der Waals surface area contributed by atoms with Crippen LogP contribution >= 0.6 is 0 Å². The second-order valence-electron chi connectivity index (χ2n) is 10.7. The summed E-state index contributed by atoms with van der Waals surface area (Å²) in [7, 11) is 0. The Morgan fingerprint density at radius 1 is 0.659 bits per heavy atom. The van der Waals surface area contributed by atoms with Crippen molar-refractivity contribution < 1.29 is 19.8 Å². The molecule has 216 valence electrons. The zero-order chi connectivity index (χ0) is 30.3. The van der Waals surface area contributed by atoms with Crippen LogP contribution < -0.4 is 0 Å². The first kappa shape index (κ1) is 35.5. The molecule has 5 heterocycles. The van der Waals surface area contributed by atoms with Crippen LogP contribution in [0, 0.1) is 13.8 Å². The topological polar surface area (TPSA) is 132 Å². The number of nitrogens with one attached hydrogen (secondary N) is 2. The molecule has 0 saturated heterocycles. The number of hydrogen-bond donors (Lipinski definition) is 4. The predicted molar refractivity (Wildman–Crippen MR) is 181 cm³/mol. The molecular weight excluding hydrogens is 574 g/mol. The monoisotopic (exact) mass is 608 g/mol. The summed E-state index contributed by atoms with van der Waals surface area (Å²) >= 11 is 0. The van der Waals surface area contributed by atoms with Gasteiger partial charge in [-0.25, -0.2) is 9.97 Å². The third-order valence-corrected chi connectivity index (χ3v) is 8.22. The first-order valence-electron chi connectivity index (χ1n) is 13.9. The Kier molecular flexibility index (Phi) is 11.6. The minimum atomic E-state index is -0.889. The molecule has 8 nitrogen and oxygen atoms in total. The number of fused-ring (bicyclic) bond motifs is 8. The van der Waals surface area contributed by atoms with Crippen molar-refractivity contribution in [2.24, 2.45) is 0 Å². The number of H-pyrrole nitrogens is 2. The zero-order valence-corrected chi connectivity index (χ0v) is 30.3. The van der Waals surface area contributed by atoms with Gasteiger partial charge >= 0.3 is 11.9 Å². The van der Waals surface area contributed by atoms with Gasteiger partial charge in [0.25, 0.3) is 0 Å². The van der Waals surface area contributed by atoms with Crippen LogP contribution in [0.4, 0.5) is 0 Å². The molecule has 0 fully saturated rings. The fourth-order valence-corrected chi connectivity index (χ4v) is 5.77. The van der Waals surface area contributed by atoms with Crippen molar-refractivity contribution >= 4 is 128 Å². The molecule has 44 heavy (non-hydrogen) atoms. The third-order valence-electron chi connectivity index (χ3n) is 8.22. The molecule has 0 aliphatic carbocycles. The summed E-state index contributed by atoms with van der Waals surface area (Å²) in [5.41, 5.74) is 13.7. The molecule has 0 saturated carbocycles. The summed E-state index contributed by atoms with van der Waals surface area (Å²) in [5.74, 6) is -1.78. The van der Waals surface area contributed by atoms with Crippen LogP contribution in [0.2, 0.25) is 0 Å². The molecular formula is C34H34N4Na2O4. The molecule has 2 aliphatic heterocycles. The van der Waals surface area contributed by atoms with Crippen LogP contribution in [-0.2, 0) is 9.59 Å². The summed E-state index contributed by atoms with van der Waals surface area (Å²) < 4.78 is 0. The quantitative estimate of drug-likeness (QED) is 0.203. The first-order chi connectivity index (χ1) is 20.0. The van der Waals surface area contributed by atoms with Crippen LogP contribution in [0.15, 0.2) is 37.4 Å². The molecule has 2 aliphatic rings. The summed E-state index contributed by atoms with van der Waals surface area (Å²) in [6.07, 6.45) is 4.20. The Labute approximate surface area is 300 Å². The summed E-state index contributed by atoms with van der Waals surface area (Å²) in [5, 5.41) is 18.9. The van der Waals surface area contributed by atoms with Crippen LogP contribution in [0.5, 0.6) is 0 Å². The average Bonchev–Trinajstić information content (AvgIpc) is 3.59. The SMILES string of the molecule is C=Cc1c(C)c2cc3[nH]c(cc4nc(cc5nc(cc1[nH]2)C(C)=C5CCC(=O)O)C(CCC(=O)O)=C4C)c(C)c3C=C.[Na].[Na]. The van der Waals surface area contributed by atoms with Gasteiger partial charge < -0.3 is 20.2 Å². The van der Waals surface area contributed by atoms with E-state index in [0.717, 1.165) is 78.0 Å². The third kappa shape index (κ3) is 6.81. The van der Waals surface area contributed by atoms with E-state index in [2.05, 4.69) is 29.2 Å². The van der Waals surface area contributed by atoms with Crippen molar-refractivity contribution in [1.29, 1.82) is 0 Å². The summed E-state index contributed by atoms with van der Waals surface area (Å²) in [4.78, 5) is 40.0. The number of carbonyl (C=O) groups is 2. The van der Waals surface area contributed by atoms with Crippen molar-refractivity contribution in [3.63, 3.8) is 0 Å². The van der Waals surface area contributed by atoms with Crippen molar-refractivity contribution in [3.8, 4) is 0 Å². The summed E-state index contributed by atoms with van der Waals surface area (Å²) in [6, 6.07) is 7.88. The number of allylic oxidation sites excluding steroid dienone is 4. The van der Waals surface area contributed by atoms with Gasteiger partial charge in [-0.3, -0.25) is 9.59 Å². The Morgan fingerprint density at radius 3 is 1.45 bits per heavy atom. The number of carboxylic acid groups (broad SMARTS) is 2. The van der Waals surface area contributed by atoms with E-state index in [0.29, 0.717) is 24.2 Å². The van der Waals surface area contributed by atoms with Crippen molar-refractivity contribution in [1.82, 2.24) is 19.9 Å². The molecule has 3 aromatic rings. The number of aliphatic carboxylic acids is 2. The van der Waals surface area contributed by atoms with Gasteiger partial charge in [0.15, 0.2) is 0 Å². The Balaban J connectivity index is 0.00000264. The van der Waals surface area contributed by atoms with Gasteiger partial charge in [0.2, 0.25) is 0 Å². The van der Waals surface area contributed by atoms with Gasteiger partial charge in [0, 0.05) is 105 Å². The molecule has 3 aromatic heterocycles. The van der Waals surface area contributed by atoms with E-state index >= 15 is 0 Å². The molecule has 0 amide bonds. The number of aryl methyl sites for hydroxylation is 2. The number of nitrogens with zero attached hydrogens (tertiary/aromatic N) is 2. The molecule has 8 bridgehead atoms. The van der Waals surface area contributed by atoms with Gasteiger partial charge in [0.05, 0.1) is 22.8 Å². The van der Waals surface area contributed by atoms with Gasteiger partial charge in [-0.2, -0.15) is 0 Å². The largest absolute Gasteiger partial charge is 0.481 e. The number of aromatic nitrogens is 4. The Bertz CT molecular complexity index is 1930. The van der Waals surface area contributed by atoms with E-state index in [9.17, 15) is 19.8 Å². The maximum absolute atomic E-state index is 11.5. The van der Waals surface area contributed by atoms with E-state index in [4.69, 9.17) is 9.97 Å². The molecule has 2 radical (unpaired) electrons. The fraction of sp³-hybridized carbons (Fsp3) is 0.235.